The summed E-state index contributed by atoms with van der Waals surface area (Å²) in [6.45, 7) is 6.11. The highest BCUT2D eigenvalue weighted by Crippen LogP contribution is 2.33. The molecule has 3 heterocycles. The van der Waals surface area contributed by atoms with Crippen LogP contribution in [0, 0.1) is 5.41 Å². The van der Waals surface area contributed by atoms with Crippen LogP contribution in [-0.2, 0) is 6.42 Å². The maximum atomic E-state index is 13.0. The molecule has 1 fully saturated rings. The molecule has 0 bridgehead atoms. The fourth-order valence-corrected chi connectivity index (χ4v) is 4.23. The molecular formula is C21H23ClN4O3. The van der Waals surface area contributed by atoms with Gasteiger partial charge in [0.15, 0.2) is 5.78 Å². The maximum absolute atomic E-state index is 13.0. The van der Waals surface area contributed by atoms with Crippen molar-refractivity contribution in [2.75, 3.05) is 31.1 Å². The van der Waals surface area contributed by atoms with Crippen LogP contribution in [0.2, 0.25) is 5.15 Å². The first kappa shape index (κ1) is 19.6. The third-order valence-corrected chi connectivity index (χ3v) is 5.75. The number of halogens is 1. The molecule has 0 aromatic carbocycles. The quantitative estimate of drug-likeness (QED) is 0.763. The number of aromatic amines is 1. The van der Waals surface area contributed by atoms with Crippen molar-refractivity contribution in [1.82, 2.24) is 14.9 Å². The zero-order valence-corrected chi connectivity index (χ0v) is 17.3. The third-order valence-electron chi connectivity index (χ3n) is 5.54. The van der Waals surface area contributed by atoms with Gasteiger partial charge in [-0.1, -0.05) is 31.5 Å². The molecule has 0 radical (unpaired) electrons. The standard InChI is InChI=1S/C21H23ClN4O3/c1-21(2)11-15-13(16(27)12-21)10-14(19(28)23-15)20(29)26-8-6-25(7-9-26)18-5-3-4-17(22)24-18/h3-5,10H,6-9,11-12H2,1-2H3,(H,23,28). The van der Waals surface area contributed by atoms with Gasteiger partial charge >= 0.3 is 0 Å². The molecule has 1 N–H and O–H groups in total. The Morgan fingerprint density at radius 3 is 2.55 bits per heavy atom. The number of rotatable bonds is 2. The van der Waals surface area contributed by atoms with Gasteiger partial charge in [-0.25, -0.2) is 4.98 Å². The largest absolute Gasteiger partial charge is 0.353 e. The smallest absolute Gasteiger partial charge is 0.261 e. The number of nitrogens with zero attached hydrogens (tertiary/aromatic N) is 3. The number of H-pyrrole nitrogens is 1. The van der Waals surface area contributed by atoms with Crippen LogP contribution < -0.4 is 10.5 Å². The van der Waals surface area contributed by atoms with E-state index in [9.17, 15) is 14.4 Å². The number of hydrogen-bond donors (Lipinski definition) is 1. The molecule has 8 heteroatoms. The lowest BCUT2D eigenvalue weighted by Gasteiger charge is -2.35. The lowest BCUT2D eigenvalue weighted by atomic mass is 9.75. The summed E-state index contributed by atoms with van der Waals surface area (Å²) in [4.78, 5) is 48.9. The number of anilines is 1. The van der Waals surface area contributed by atoms with E-state index in [2.05, 4.69) is 14.9 Å². The van der Waals surface area contributed by atoms with Crippen molar-refractivity contribution in [1.29, 1.82) is 0 Å². The summed E-state index contributed by atoms with van der Waals surface area (Å²) in [6.07, 6.45) is 1.02. The van der Waals surface area contributed by atoms with E-state index in [0.29, 0.717) is 55.4 Å². The van der Waals surface area contributed by atoms with E-state index in [1.54, 1.807) is 11.0 Å². The monoisotopic (exact) mass is 414 g/mol. The molecule has 0 saturated carbocycles. The van der Waals surface area contributed by atoms with E-state index < -0.39 is 5.56 Å². The van der Waals surface area contributed by atoms with Crippen LogP contribution in [0.15, 0.2) is 29.1 Å². The van der Waals surface area contributed by atoms with Crippen molar-refractivity contribution in [3.63, 3.8) is 0 Å². The number of piperazine rings is 1. The van der Waals surface area contributed by atoms with Gasteiger partial charge in [-0.2, -0.15) is 0 Å². The zero-order valence-electron chi connectivity index (χ0n) is 16.5. The Balaban J connectivity index is 1.52. The van der Waals surface area contributed by atoms with Crippen molar-refractivity contribution in [3.8, 4) is 0 Å². The first-order chi connectivity index (χ1) is 13.7. The maximum Gasteiger partial charge on any atom is 0.261 e. The van der Waals surface area contributed by atoms with Crippen LogP contribution in [0.5, 0.6) is 0 Å². The van der Waals surface area contributed by atoms with Gasteiger partial charge in [0.2, 0.25) is 0 Å². The Hall–Kier alpha value is -2.67. The predicted octanol–water partition coefficient (Wildman–Crippen LogP) is 2.54. The van der Waals surface area contributed by atoms with Gasteiger partial charge in [0, 0.05) is 43.9 Å². The second-order valence-corrected chi connectivity index (χ2v) is 8.83. The summed E-state index contributed by atoms with van der Waals surface area (Å²) in [7, 11) is 0. The van der Waals surface area contributed by atoms with Crippen LogP contribution in [0.3, 0.4) is 0 Å². The summed E-state index contributed by atoms with van der Waals surface area (Å²) >= 11 is 5.96. The van der Waals surface area contributed by atoms with Crippen molar-refractivity contribution < 1.29 is 9.59 Å². The lowest BCUT2D eigenvalue weighted by molar-refractivity contribution is 0.0744. The molecule has 7 nitrogen and oxygen atoms in total. The molecule has 2 aliphatic rings. The van der Waals surface area contributed by atoms with Gasteiger partial charge in [-0.3, -0.25) is 14.4 Å². The predicted molar refractivity (Wildman–Crippen MR) is 111 cm³/mol. The summed E-state index contributed by atoms with van der Waals surface area (Å²) in [5.41, 5.74) is 0.506. The first-order valence-corrected chi connectivity index (χ1v) is 10.1. The number of nitrogens with one attached hydrogen (secondary N) is 1. The minimum Gasteiger partial charge on any atom is -0.353 e. The average Bonchev–Trinajstić information content (AvgIpc) is 2.66. The molecule has 1 amide bonds. The van der Waals surface area contributed by atoms with Crippen LogP contribution in [-0.4, -0.2) is 52.7 Å². The summed E-state index contributed by atoms with van der Waals surface area (Å²) < 4.78 is 0. The fourth-order valence-electron chi connectivity index (χ4n) is 4.07. The van der Waals surface area contributed by atoms with Gasteiger partial charge in [-0.05, 0) is 30.0 Å². The number of fused-ring (bicyclic) bond motifs is 1. The van der Waals surface area contributed by atoms with E-state index in [4.69, 9.17) is 11.6 Å². The van der Waals surface area contributed by atoms with Crippen LogP contribution in [0.25, 0.3) is 0 Å². The number of aromatic nitrogens is 2. The zero-order chi connectivity index (χ0) is 20.8. The van der Waals surface area contributed by atoms with Gasteiger partial charge in [-0.15, -0.1) is 0 Å². The molecule has 1 aliphatic carbocycles. The number of Topliss-reactive ketones (excluding diaryl/α,β-unsaturated/α-hetero) is 1. The number of pyridine rings is 2. The van der Waals surface area contributed by atoms with Crippen LogP contribution >= 0.6 is 11.6 Å². The SMILES string of the molecule is CC1(C)CC(=O)c2cc(C(=O)N3CCN(c4cccc(Cl)n4)CC3)c(=O)[nH]c2C1. The molecule has 2 aromatic heterocycles. The van der Waals surface area contributed by atoms with Crippen molar-refractivity contribution in [3.05, 3.63) is 56.6 Å². The first-order valence-electron chi connectivity index (χ1n) is 9.70. The Labute approximate surface area is 173 Å². The van der Waals surface area contributed by atoms with Crippen molar-refractivity contribution in [2.24, 2.45) is 5.41 Å². The van der Waals surface area contributed by atoms with E-state index in [-0.39, 0.29) is 22.7 Å². The molecule has 0 atom stereocenters. The van der Waals surface area contributed by atoms with E-state index >= 15 is 0 Å². The van der Waals surface area contributed by atoms with Gasteiger partial charge in [0.25, 0.3) is 11.5 Å². The lowest BCUT2D eigenvalue weighted by Crippen LogP contribution is -2.50. The summed E-state index contributed by atoms with van der Waals surface area (Å²) in [5.74, 6) is 0.397. The minimum atomic E-state index is -0.432. The Kier molecular flexibility index (Phi) is 4.94. The van der Waals surface area contributed by atoms with Gasteiger partial charge in [0.1, 0.15) is 16.5 Å². The highest BCUT2D eigenvalue weighted by molar-refractivity contribution is 6.29. The second kappa shape index (κ2) is 7.30. The molecule has 29 heavy (non-hydrogen) atoms. The number of carbonyl (C=O) groups is 2. The third kappa shape index (κ3) is 3.92. The number of hydrogen-bond acceptors (Lipinski definition) is 5. The second-order valence-electron chi connectivity index (χ2n) is 8.44. The molecule has 0 unspecified atom stereocenters. The van der Waals surface area contributed by atoms with Crippen molar-refractivity contribution in [2.45, 2.75) is 26.7 Å². The van der Waals surface area contributed by atoms with E-state index in [1.807, 2.05) is 26.0 Å². The molecular weight excluding hydrogens is 392 g/mol. The normalized spacial score (nSPS) is 18.5. The molecule has 2 aromatic rings. The summed E-state index contributed by atoms with van der Waals surface area (Å²) in [5, 5.41) is 0.425. The number of carbonyl (C=O) groups excluding carboxylic acids is 2. The molecule has 1 aliphatic heterocycles. The van der Waals surface area contributed by atoms with E-state index in [0.717, 1.165) is 5.82 Å². The van der Waals surface area contributed by atoms with Gasteiger partial charge < -0.3 is 14.8 Å². The molecule has 152 valence electrons. The molecule has 1 saturated heterocycles. The van der Waals surface area contributed by atoms with E-state index in [1.165, 1.54) is 6.07 Å². The van der Waals surface area contributed by atoms with Gasteiger partial charge in [0.05, 0.1) is 0 Å². The molecule has 4 rings (SSSR count). The topological polar surface area (TPSA) is 86.4 Å². The molecule has 0 spiro atoms. The highest BCUT2D eigenvalue weighted by Gasteiger charge is 2.33. The number of ketones is 1. The minimum absolute atomic E-state index is 0.0293. The summed E-state index contributed by atoms with van der Waals surface area (Å²) in [6, 6.07) is 6.92. The Morgan fingerprint density at radius 1 is 1.14 bits per heavy atom. The van der Waals surface area contributed by atoms with Crippen LogP contribution in [0.4, 0.5) is 5.82 Å². The fraction of sp³-hybridized carbons (Fsp3) is 0.429. The van der Waals surface area contributed by atoms with Crippen LogP contribution in [0.1, 0.15) is 46.7 Å². The average molecular weight is 415 g/mol. The highest BCUT2D eigenvalue weighted by atomic mass is 35.5. The van der Waals surface area contributed by atoms with Crippen molar-refractivity contribution >= 4 is 29.1 Å². The Bertz CT molecular complexity index is 1040. The Morgan fingerprint density at radius 2 is 1.86 bits per heavy atom. The number of amides is 1.